The van der Waals surface area contributed by atoms with E-state index < -0.39 is 22.8 Å². The minimum atomic E-state index is -1.46. The fourth-order valence-electron chi connectivity index (χ4n) is 3.57. The Morgan fingerprint density at radius 3 is 2.56 bits per heavy atom. The molecule has 5 N–H and O–H groups in total. The van der Waals surface area contributed by atoms with Crippen LogP contribution in [0.5, 0.6) is 5.75 Å². The van der Waals surface area contributed by atoms with Crippen LogP contribution in [-0.4, -0.2) is 39.8 Å². The zero-order valence-corrected chi connectivity index (χ0v) is 15.6. The maximum Gasteiger partial charge on any atom is 0.345 e. The fourth-order valence-corrected chi connectivity index (χ4v) is 3.57. The maximum atomic E-state index is 12.2. The molecule has 0 atom stereocenters. The van der Waals surface area contributed by atoms with Gasteiger partial charge in [-0.2, -0.15) is 0 Å². The molecule has 0 unspecified atom stereocenters. The van der Waals surface area contributed by atoms with E-state index >= 15 is 0 Å². The molecule has 1 aromatic carbocycles. The molecule has 2 heterocycles. The van der Waals surface area contributed by atoms with E-state index in [0.717, 1.165) is 16.7 Å². The third kappa shape index (κ3) is 2.69. The summed E-state index contributed by atoms with van der Waals surface area (Å²) in [5.74, 6) is -1.11. The lowest BCUT2D eigenvalue weighted by atomic mass is 9.99. The molecule has 0 aliphatic rings. The summed E-state index contributed by atoms with van der Waals surface area (Å²) in [5.41, 5.74) is 7.76. The second-order valence-corrected chi connectivity index (χ2v) is 6.61. The highest BCUT2D eigenvalue weighted by molar-refractivity contribution is 6.01. The Kier molecular flexibility index (Phi) is 4.35. The van der Waals surface area contributed by atoms with E-state index in [4.69, 9.17) is 5.73 Å². The van der Waals surface area contributed by atoms with Crippen molar-refractivity contribution < 1.29 is 15.0 Å². The zero-order chi connectivity index (χ0) is 20.0. The highest BCUT2D eigenvalue weighted by Gasteiger charge is 2.22. The molecule has 0 saturated heterocycles. The van der Waals surface area contributed by atoms with E-state index in [2.05, 4.69) is 4.98 Å². The van der Waals surface area contributed by atoms with Crippen LogP contribution in [0, 0.1) is 0 Å². The molecule has 3 aromatic rings. The first-order valence-corrected chi connectivity index (χ1v) is 8.46. The summed E-state index contributed by atoms with van der Waals surface area (Å²) in [6.45, 7) is 1.78. The van der Waals surface area contributed by atoms with Gasteiger partial charge in [-0.1, -0.05) is 13.0 Å². The Labute approximate surface area is 155 Å². The van der Waals surface area contributed by atoms with Crippen molar-refractivity contribution in [3.8, 4) is 17.0 Å². The number of nitrogens with zero attached hydrogens (tertiary/aromatic N) is 2. The molecule has 27 heavy (non-hydrogen) atoms. The van der Waals surface area contributed by atoms with E-state index in [0.29, 0.717) is 28.9 Å². The van der Waals surface area contributed by atoms with E-state index in [1.165, 1.54) is 0 Å². The SMILES string of the molecule is CCc1c(-c2ccc3c(c2)c(N)c(N(C)C)n3C)[nH]c(=O)c(C(=O)O)c1O. The number of aryl methyl sites for hydroxylation is 1. The third-order valence-electron chi connectivity index (χ3n) is 4.78. The van der Waals surface area contributed by atoms with Gasteiger partial charge in [-0.15, -0.1) is 0 Å². The predicted molar refractivity (Wildman–Crippen MR) is 106 cm³/mol. The largest absolute Gasteiger partial charge is 0.506 e. The number of nitrogen functional groups attached to an aromatic ring is 1. The Morgan fingerprint density at radius 2 is 2.00 bits per heavy atom. The zero-order valence-electron chi connectivity index (χ0n) is 15.6. The number of aromatic amines is 1. The molecule has 0 radical (unpaired) electrons. The summed E-state index contributed by atoms with van der Waals surface area (Å²) in [7, 11) is 5.72. The van der Waals surface area contributed by atoms with E-state index in [9.17, 15) is 19.8 Å². The van der Waals surface area contributed by atoms with Crippen molar-refractivity contribution in [3.63, 3.8) is 0 Å². The number of carbonyl (C=O) groups is 1. The van der Waals surface area contributed by atoms with Gasteiger partial charge in [0.05, 0.1) is 16.9 Å². The lowest BCUT2D eigenvalue weighted by Crippen LogP contribution is -2.20. The van der Waals surface area contributed by atoms with E-state index in [1.807, 2.05) is 48.8 Å². The minimum absolute atomic E-state index is 0.351. The van der Waals surface area contributed by atoms with Gasteiger partial charge < -0.3 is 30.4 Å². The molecule has 0 aliphatic carbocycles. The maximum absolute atomic E-state index is 12.2. The van der Waals surface area contributed by atoms with Gasteiger partial charge in [0.2, 0.25) is 0 Å². The Morgan fingerprint density at radius 1 is 1.33 bits per heavy atom. The molecule has 0 saturated carbocycles. The molecular formula is C19H22N4O4. The lowest BCUT2D eigenvalue weighted by molar-refractivity contribution is 0.0691. The van der Waals surface area contributed by atoms with Gasteiger partial charge in [-0.05, 0) is 24.1 Å². The van der Waals surface area contributed by atoms with Crippen molar-refractivity contribution in [1.82, 2.24) is 9.55 Å². The Hall–Kier alpha value is -3.42. The van der Waals surface area contributed by atoms with Crippen molar-refractivity contribution in [1.29, 1.82) is 0 Å². The smallest absolute Gasteiger partial charge is 0.345 e. The molecule has 142 valence electrons. The van der Waals surface area contributed by atoms with Gasteiger partial charge in [0.15, 0.2) is 5.56 Å². The number of nitrogens with two attached hydrogens (primary N) is 1. The van der Waals surface area contributed by atoms with Crippen LogP contribution in [0.1, 0.15) is 22.8 Å². The van der Waals surface area contributed by atoms with Crippen molar-refractivity contribution in [2.75, 3.05) is 24.7 Å². The number of aromatic hydroxyl groups is 1. The molecular weight excluding hydrogens is 348 g/mol. The molecule has 3 rings (SSSR count). The number of pyridine rings is 1. The number of hydrogen-bond acceptors (Lipinski definition) is 5. The number of carboxylic acids is 1. The van der Waals surface area contributed by atoms with Crippen LogP contribution in [0.4, 0.5) is 11.5 Å². The normalized spacial score (nSPS) is 11.1. The lowest BCUT2D eigenvalue weighted by Gasteiger charge is -2.14. The molecule has 8 nitrogen and oxygen atoms in total. The number of aromatic carboxylic acids is 1. The number of carboxylic acid groups (broad SMARTS) is 1. The second kappa shape index (κ2) is 6.39. The van der Waals surface area contributed by atoms with E-state index in [-0.39, 0.29) is 0 Å². The van der Waals surface area contributed by atoms with Crippen LogP contribution in [0.3, 0.4) is 0 Å². The molecule has 0 fully saturated rings. The van der Waals surface area contributed by atoms with Crippen molar-refractivity contribution in [3.05, 3.63) is 39.7 Å². The molecule has 2 aromatic heterocycles. The summed E-state index contributed by atoms with van der Waals surface area (Å²) < 4.78 is 1.98. The van der Waals surface area contributed by atoms with Crippen LogP contribution >= 0.6 is 0 Å². The quantitative estimate of drug-likeness (QED) is 0.558. The predicted octanol–water partition coefficient (Wildman–Crippen LogP) is 2.15. The number of nitrogens with one attached hydrogen (secondary N) is 1. The van der Waals surface area contributed by atoms with Crippen LogP contribution in [0.25, 0.3) is 22.2 Å². The number of benzene rings is 1. The minimum Gasteiger partial charge on any atom is -0.506 e. The summed E-state index contributed by atoms with van der Waals surface area (Å²) in [4.78, 5) is 28.0. The Bertz CT molecular complexity index is 1130. The molecule has 0 aliphatic heterocycles. The first kappa shape index (κ1) is 18.4. The number of H-pyrrole nitrogens is 1. The summed E-state index contributed by atoms with van der Waals surface area (Å²) in [6.07, 6.45) is 0.351. The van der Waals surface area contributed by atoms with Crippen LogP contribution in [0.15, 0.2) is 23.0 Å². The second-order valence-electron chi connectivity index (χ2n) is 6.61. The van der Waals surface area contributed by atoms with Crippen LogP contribution in [0.2, 0.25) is 0 Å². The first-order chi connectivity index (χ1) is 12.7. The average Bonchev–Trinajstić information content (AvgIpc) is 2.84. The van der Waals surface area contributed by atoms with Gasteiger partial charge in [-0.25, -0.2) is 4.79 Å². The van der Waals surface area contributed by atoms with Crippen molar-refractivity contribution in [2.45, 2.75) is 13.3 Å². The van der Waals surface area contributed by atoms with Gasteiger partial charge in [0, 0.05) is 32.1 Å². The number of aromatic nitrogens is 2. The van der Waals surface area contributed by atoms with Gasteiger partial charge >= 0.3 is 5.97 Å². The molecule has 0 spiro atoms. The van der Waals surface area contributed by atoms with Gasteiger partial charge in [0.25, 0.3) is 5.56 Å². The molecule has 8 heteroatoms. The van der Waals surface area contributed by atoms with Crippen molar-refractivity contribution in [2.24, 2.45) is 7.05 Å². The molecule has 0 bridgehead atoms. The van der Waals surface area contributed by atoms with Gasteiger partial charge in [0.1, 0.15) is 11.6 Å². The van der Waals surface area contributed by atoms with Crippen LogP contribution < -0.4 is 16.2 Å². The number of fused-ring (bicyclic) bond motifs is 1. The highest BCUT2D eigenvalue weighted by atomic mass is 16.4. The third-order valence-corrected chi connectivity index (χ3v) is 4.78. The number of rotatable bonds is 4. The standard InChI is InChI=1S/C19H22N4O4/c1-5-10-15(21-17(25)13(16(10)24)19(26)27)9-6-7-12-11(8-9)14(20)18(22(2)3)23(12)4/h6-8H,5,20H2,1-4H3,(H,26,27)(H2,21,24,25). The van der Waals surface area contributed by atoms with Gasteiger partial charge in [-0.3, -0.25) is 4.79 Å². The topological polar surface area (TPSA) is 125 Å². The summed E-state index contributed by atoms with van der Waals surface area (Å²) in [5, 5.41) is 20.3. The number of hydrogen-bond donors (Lipinski definition) is 4. The summed E-state index contributed by atoms with van der Waals surface area (Å²) >= 11 is 0. The van der Waals surface area contributed by atoms with E-state index in [1.54, 1.807) is 6.92 Å². The highest BCUT2D eigenvalue weighted by Crippen LogP contribution is 2.37. The fraction of sp³-hybridized carbons (Fsp3) is 0.263. The van der Waals surface area contributed by atoms with Crippen molar-refractivity contribution >= 4 is 28.4 Å². The summed E-state index contributed by atoms with van der Waals surface area (Å²) in [6, 6.07) is 5.53. The monoisotopic (exact) mass is 370 g/mol. The average molecular weight is 370 g/mol. The Balaban J connectivity index is 2.32. The molecule has 0 amide bonds. The first-order valence-electron chi connectivity index (χ1n) is 8.46. The van der Waals surface area contributed by atoms with Crippen LogP contribution in [-0.2, 0) is 13.5 Å². The number of anilines is 2.